The molecule has 0 saturated heterocycles. The average molecular weight is 240 g/mol. The normalized spacial score (nSPS) is 10.6. The van der Waals surface area contributed by atoms with E-state index in [2.05, 4.69) is 6.92 Å². The van der Waals surface area contributed by atoms with Crippen molar-refractivity contribution in [2.75, 3.05) is 6.61 Å². The van der Waals surface area contributed by atoms with Crippen LogP contribution in [0.2, 0.25) is 0 Å². The van der Waals surface area contributed by atoms with Crippen LogP contribution < -0.4 is 0 Å². The van der Waals surface area contributed by atoms with Gasteiger partial charge in [0.15, 0.2) is 0 Å². The molecule has 0 aromatic carbocycles. The van der Waals surface area contributed by atoms with Crippen LogP contribution in [-0.2, 0) is 11.3 Å². The predicted molar refractivity (Wildman–Crippen MR) is 64.1 cm³/mol. The van der Waals surface area contributed by atoms with Crippen LogP contribution in [0.25, 0.3) is 0 Å². The fraction of sp³-hybridized carbons (Fsp3) is 0.615. The van der Waals surface area contributed by atoms with Crippen molar-refractivity contribution in [3.63, 3.8) is 0 Å². The van der Waals surface area contributed by atoms with Gasteiger partial charge in [0.1, 0.15) is 0 Å². The minimum Gasteiger partial charge on any atom is -0.475 e. The fourth-order valence-corrected chi connectivity index (χ4v) is 1.63. The van der Waals surface area contributed by atoms with Crippen molar-refractivity contribution >= 4 is 5.97 Å². The first-order chi connectivity index (χ1) is 8.25. The molecule has 96 valence electrons. The molecule has 0 radical (unpaired) electrons. The first-order valence-electron chi connectivity index (χ1n) is 6.13. The summed E-state index contributed by atoms with van der Waals surface area (Å²) in [6, 6.07) is 1.64. The summed E-state index contributed by atoms with van der Waals surface area (Å²) in [6.07, 6.45) is 7.32. The molecule has 0 saturated carbocycles. The lowest BCUT2D eigenvalue weighted by atomic mass is 10.2. The van der Waals surface area contributed by atoms with E-state index in [1.165, 1.54) is 31.9 Å². The Bertz CT molecular complexity index is 330. The molecule has 0 aliphatic heterocycles. The Kier molecular flexibility index (Phi) is 6.40. The van der Waals surface area contributed by atoms with E-state index in [0.29, 0.717) is 18.8 Å². The molecule has 17 heavy (non-hydrogen) atoms. The van der Waals surface area contributed by atoms with Crippen LogP contribution in [-0.4, -0.2) is 17.7 Å². The maximum absolute atomic E-state index is 10.7. The van der Waals surface area contributed by atoms with Crippen LogP contribution in [0.1, 0.15) is 55.1 Å². The Balaban J connectivity index is 2.14. The largest absolute Gasteiger partial charge is 0.475 e. The summed E-state index contributed by atoms with van der Waals surface area (Å²) in [6.45, 7) is 3.17. The van der Waals surface area contributed by atoms with Gasteiger partial charge < -0.3 is 14.3 Å². The minimum atomic E-state index is -1.04. The molecule has 0 atom stereocenters. The van der Waals surface area contributed by atoms with Crippen molar-refractivity contribution in [1.82, 2.24) is 0 Å². The van der Waals surface area contributed by atoms with Crippen LogP contribution in [0.15, 0.2) is 16.7 Å². The van der Waals surface area contributed by atoms with Crippen LogP contribution in [0.5, 0.6) is 0 Å². The van der Waals surface area contributed by atoms with Crippen molar-refractivity contribution in [2.24, 2.45) is 0 Å². The van der Waals surface area contributed by atoms with Crippen molar-refractivity contribution < 1.29 is 19.1 Å². The van der Waals surface area contributed by atoms with Gasteiger partial charge in [0, 0.05) is 12.2 Å². The first kappa shape index (κ1) is 13.8. The van der Waals surface area contributed by atoms with Crippen LogP contribution in [0.4, 0.5) is 0 Å². The molecule has 0 spiro atoms. The van der Waals surface area contributed by atoms with Crippen molar-refractivity contribution in [3.8, 4) is 0 Å². The number of rotatable bonds is 9. The second-order valence-corrected chi connectivity index (χ2v) is 4.05. The van der Waals surface area contributed by atoms with Gasteiger partial charge in [-0.2, -0.15) is 0 Å². The fourth-order valence-electron chi connectivity index (χ4n) is 1.63. The molecule has 1 N–H and O–H groups in total. The smallest absolute Gasteiger partial charge is 0.372 e. The molecular weight excluding hydrogens is 220 g/mol. The first-order valence-corrected chi connectivity index (χ1v) is 6.13. The van der Waals surface area contributed by atoms with Crippen molar-refractivity contribution in [2.45, 2.75) is 45.6 Å². The summed E-state index contributed by atoms with van der Waals surface area (Å²) in [7, 11) is 0. The Morgan fingerprint density at radius 1 is 1.35 bits per heavy atom. The molecule has 1 heterocycles. The Morgan fingerprint density at radius 3 is 2.82 bits per heavy atom. The molecule has 0 aliphatic carbocycles. The molecule has 0 fully saturated rings. The number of furan rings is 1. The molecule has 0 unspecified atom stereocenters. The number of carboxylic acids is 1. The molecule has 4 heteroatoms. The third-order valence-electron chi connectivity index (χ3n) is 2.59. The predicted octanol–water partition coefficient (Wildman–Crippen LogP) is 3.46. The zero-order chi connectivity index (χ0) is 12.5. The van der Waals surface area contributed by atoms with Gasteiger partial charge in [-0.25, -0.2) is 4.79 Å². The summed E-state index contributed by atoms with van der Waals surface area (Å²) in [5, 5.41) is 8.81. The Labute approximate surface area is 102 Å². The van der Waals surface area contributed by atoms with Crippen molar-refractivity contribution in [1.29, 1.82) is 0 Å². The van der Waals surface area contributed by atoms with Gasteiger partial charge in [-0.1, -0.05) is 32.6 Å². The van der Waals surface area contributed by atoms with E-state index in [0.717, 1.165) is 6.42 Å². The molecule has 0 aliphatic rings. The van der Waals surface area contributed by atoms with Gasteiger partial charge >= 0.3 is 5.97 Å². The number of ether oxygens (including phenoxy) is 1. The van der Waals surface area contributed by atoms with Crippen molar-refractivity contribution in [3.05, 3.63) is 23.7 Å². The van der Waals surface area contributed by atoms with E-state index in [4.69, 9.17) is 14.3 Å². The molecule has 1 aromatic heterocycles. The lowest BCUT2D eigenvalue weighted by Gasteiger charge is -2.03. The molecule has 4 nitrogen and oxygen atoms in total. The van der Waals surface area contributed by atoms with Gasteiger partial charge in [0.25, 0.3) is 0 Å². The highest BCUT2D eigenvalue weighted by atomic mass is 16.5. The van der Waals surface area contributed by atoms with E-state index in [1.807, 2.05) is 0 Å². The summed E-state index contributed by atoms with van der Waals surface area (Å²) in [5.74, 6) is -1.06. The highest BCUT2D eigenvalue weighted by molar-refractivity contribution is 5.85. The molecular formula is C13H20O4. The Morgan fingerprint density at radius 2 is 2.12 bits per heavy atom. The van der Waals surface area contributed by atoms with Crippen LogP contribution in [0, 0.1) is 0 Å². The molecule has 1 rings (SSSR count). The zero-order valence-corrected chi connectivity index (χ0v) is 10.3. The number of aromatic carboxylic acids is 1. The molecule has 0 amide bonds. The van der Waals surface area contributed by atoms with Gasteiger partial charge in [0.2, 0.25) is 5.76 Å². The van der Waals surface area contributed by atoms with Gasteiger partial charge in [0.05, 0.1) is 12.9 Å². The third kappa shape index (κ3) is 5.04. The third-order valence-corrected chi connectivity index (χ3v) is 2.59. The molecule has 0 bridgehead atoms. The topological polar surface area (TPSA) is 59.7 Å². The SMILES string of the molecule is CCCCCCCOCc1ccoc1C(=O)O. The number of hydrogen-bond acceptors (Lipinski definition) is 3. The monoisotopic (exact) mass is 240 g/mol. The van der Waals surface area contributed by atoms with Gasteiger partial charge in [-0.05, 0) is 12.5 Å². The standard InChI is InChI=1S/C13H20O4/c1-2-3-4-5-6-8-16-10-11-7-9-17-12(11)13(14)15/h7,9H,2-6,8,10H2,1H3,(H,14,15). The molecule has 1 aromatic rings. The van der Waals surface area contributed by atoms with E-state index in [1.54, 1.807) is 6.07 Å². The Hall–Kier alpha value is -1.29. The summed E-state index contributed by atoms with van der Waals surface area (Å²) in [4.78, 5) is 10.7. The van der Waals surface area contributed by atoms with Crippen LogP contribution in [0.3, 0.4) is 0 Å². The zero-order valence-electron chi connectivity index (χ0n) is 10.3. The highest BCUT2D eigenvalue weighted by Crippen LogP contribution is 2.12. The quantitative estimate of drug-likeness (QED) is 0.671. The number of hydrogen-bond donors (Lipinski definition) is 1. The second kappa shape index (κ2) is 7.90. The number of carbonyl (C=O) groups is 1. The summed E-state index contributed by atoms with van der Waals surface area (Å²) < 4.78 is 10.3. The van der Waals surface area contributed by atoms with E-state index < -0.39 is 5.97 Å². The average Bonchev–Trinajstić information content (AvgIpc) is 2.76. The van der Waals surface area contributed by atoms with Crippen LogP contribution >= 0.6 is 0 Å². The van der Waals surface area contributed by atoms with E-state index in [9.17, 15) is 4.79 Å². The maximum Gasteiger partial charge on any atom is 0.372 e. The van der Waals surface area contributed by atoms with E-state index >= 15 is 0 Å². The second-order valence-electron chi connectivity index (χ2n) is 4.05. The number of unbranched alkanes of at least 4 members (excludes halogenated alkanes) is 4. The van der Waals surface area contributed by atoms with Gasteiger partial charge in [-0.15, -0.1) is 0 Å². The maximum atomic E-state index is 10.7. The lowest BCUT2D eigenvalue weighted by Crippen LogP contribution is -2.01. The van der Waals surface area contributed by atoms with E-state index in [-0.39, 0.29) is 5.76 Å². The summed E-state index contributed by atoms with van der Waals surface area (Å²) >= 11 is 0. The number of carboxylic acid groups (broad SMARTS) is 1. The minimum absolute atomic E-state index is 0.0176. The highest BCUT2D eigenvalue weighted by Gasteiger charge is 2.13. The summed E-state index contributed by atoms with van der Waals surface area (Å²) in [5.41, 5.74) is 0.603. The lowest BCUT2D eigenvalue weighted by molar-refractivity contribution is 0.0649. The van der Waals surface area contributed by atoms with Gasteiger partial charge in [-0.3, -0.25) is 0 Å².